The van der Waals surface area contributed by atoms with Gasteiger partial charge in [0.2, 0.25) is 0 Å². The number of rotatable bonds is 4. The summed E-state index contributed by atoms with van der Waals surface area (Å²) in [5, 5.41) is 3.82. The topological polar surface area (TPSA) is 54.5 Å². The van der Waals surface area contributed by atoms with Crippen molar-refractivity contribution in [3.63, 3.8) is 0 Å². The quantitative estimate of drug-likeness (QED) is 0.578. The lowest BCUT2D eigenvalue weighted by atomic mass is 10.0. The SMILES string of the molecule is COc1c[c]c(NC(=O)c2c(C)c(N3CCCCC3)nc3ccc(Br)cc23)cc1. The Morgan fingerprint density at radius 2 is 2.00 bits per heavy atom. The van der Waals surface area contributed by atoms with E-state index in [2.05, 4.69) is 32.2 Å². The number of nitrogens with zero attached hydrogens (tertiary/aromatic N) is 2. The number of hydrogen-bond donors (Lipinski definition) is 1. The molecule has 4 rings (SSSR count). The highest BCUT2D eigenvalue weighted by molar-refractivity contribution is 9.10. The molecule has 1 aliphatic rings. The molecule has 1 radical (unpaired) electrons. The molecule has 0 aliphatic carbocycles. The van der Waals surface area contributed by atoms with E-state index in [4.69, 9.17) is 9.72 Å². The van der Waals surface area contributed by atoms with Gasteiger partial charge in [0.1, 0.15) is 11.6 Å². The predicted octanol–water partition coefficient (Wildman–Crippen LogP) is 5.36. The van der Waals surface area contributed by atoms with Crippen molar-refractivity contribution in [2.75, 3.05) is 30.4 Å². The van der Waals surface area contributed by atoms with Crippen molar-refractivity contribution >= 4 is 44.2 Å². The lowest BCUT2D eigenvalue weighted by molar-refractivity contribution is 0.102. The molecule has 3 aromatic rings. The van der Waals surface area contributed by atoms with Gasteiger partial charge in [-0.2, -0.15) is 0 Å². The van der Waals surface area contributed by atoms with Crippen molar-refractivity contribution < 1.29 is 9.53 Å². The third-order valence-electron chi connectivity index (χ3n) is 5.32. The second kappa shape index (κ2) is 8.41. The maximum absolute atomic E-state index is 13.3. The molecular formula is C23H23BrN3O2. The van der Waals surface area contributed by atoms with Crippen LogP contribution in [0.2, 0.25) is 0 Å². The monoisotopic (exact) mass is 452 g/mol. The number of anilines is 2. The van der Waals surface area contributed by atoms with Crippen LogP contribution in [0.5, 0.6) is 5.75 Å². The maximum Gasteiger partial charge on any atom is 0.256 e. The van der Waals surface area contributed by atoms with Gasteiger partial charge in [0.15, 0.2) is 0 Å². The van der Waals surface area contributed by atoms with E-state index in [1.165, 1.54) is 6.42 Å². The molecule has 1 N–H and O–H groups in total. The zero-order valence-electron chi connectivity index (χ0n) is 16.6. The Morgan fingerprint density at radius 3 is 2.69 bits per heavy atom. The minimum atomic E-state index is -0.160. The molecule has 29 heavy (non-hydrogen) atoms. The Balaban J connectivity index is 1.78. The van der Waals surface area contributed by atoms with Crippen molar-refractivity contribution in [1.82, 2.24) is 4.98 Å². The van der Waals surface area contributed by atoms with Crippen molar-refractivity contribution in [2.24, 2.45) is 0 Å². The zero-order chi connectivity index (χ0) is 20.4. The minimum absolute atomic E-state index is 0.160. The Labute approximate surface area is 179 Å². The molecule has 0 saturated carbocycles. The molecule has 1 amide bonds. The van der Waals surface area contributed by atoms with E-state index < -0.39 is 0 Å². The van der Waals surface area contributed by atoms with Gasteiger partial charge in [-0.3, -0.25) is 4.79 Å². The van der Waals surface area contributed by atoms with E-state index in [0.29, 0.717) is 17.0 Å². The van der Waals surface area contributed by atoms with Crippen LogP contribution in [0.4, 0.5) is 11.5 Å². The summed E-state index contributed by atoms with van der Waals surface area (Å²) in [5.41, 5.74) is 2.99. The number of methoxy groups -OCH3 is 1. The smallest absolute Gasteiger partial charge is 0.256 e. The first-order valence-electron chi connectivity index (χ1n) is 9.78. The van der Waals surface area contributed by atoms with E-state index in [1.807, 2.05) is 25.1 Å². The van der Waals surface area contributed by atoms with Gasteiger partial charge in [0.25, 0.3) is 5.91 Å². The van der Waals surface area contributed by atoms with E-state index in [-0.39, 0.29) is 5.91 Å². The van der Waals surface area contributed by atoms with Crippen molar-refractivity contribution in [3.05, 3.63) is 58.1 Å². The lowest BCUT2D eigenvalue weighted by Gasteiger charge is -2.30. The molecule has 149 valence electrons. The largest absolute Gasteiger partial charge is 0.497 e. The van der Waals surface area contributed by atoms with E-state index in [1.54, 1.807) is 25.3 Å². The summed E-state index contributed by atoms with van der Waals surface area (Å²) in [6.45, 7) is 3.94. The molecule has 1 aliphatic heterocycles. The number of aromatic nitrogens is 1. The number of nitrogens with one attached hydrogen (secondary N) is 1. The summed E-state index contributed by atoms with van der Waals surface area (Å²) in [6, 6.07) is 14.2. The third-order valence-corrected chi connectivity index (χ3v) is 5.81. The number of halogens is 1. The number of benzene rings is 2. The fourth-order valence-electron chi connectivity index (χ4n) is 3.82. The fraction of sp³-hybridized carbons (Fsp3) is 0.304. The fourth-order valence-corrected chi connectivity index (χ4v) is 4.19. The molecule has 1 fully saturated rings. The molecule has 0 atom stereocenters. The molecular weight excluding hydrogens is 430 g/mol. The first-order chi connectivity index (χ1) is 14.1. The van der Waals surface area contributed by atoms with Gasteiger partial charge in [-0.25, -0.2) is 4.98 Å². The van der Waals surface area contributed by atoms with Gasteiger partial charge in [0.05, 0.1) is 18.2 Å². The summed E-state index contributed by atoms with van der Waals surface area (Å²) >= 11 is 3.53. The number of fused-ring (bicyclic) bond motifs is 1. The van der Waals surface area contributed by atoms with Crippen LogP contribution in [-0.2, 0) is 0 Å². The Kier molecular flexibility index (Phi) is 5.72. The second-order valence-electron chi connectivity index (χ2n) is 7.24. The number of carbonyl (C=O) groups is 1. The van der Waals surface area contributed by atoms with Gasteiger partial charge < -0.3 is 15.0 Å². The van der Waals surface area contributed by atoms with Gasteiger partial charge in [-0.15, -0.1) is 0 Å². The van der Waals surface area contributed by atoms with Crippen molar-refractivity contribution in [3.8, 4) is 5.75 Å². The van der Waals surface area contributed by atoms with E-state index in [9.17, 15) is 4.79 Å². The van der Waals surface area contributed by atoms with E-state index in [0.717, 1.165) is 52.7 Å². The Hall–Kier alpha value is -2.60. The van der Waals surface area contributed by atoms with Crippen LogP contribution in [0.25, 0.3) is 10.9 Å². The molecule has 5 nitrogen and oxygen atoms in total. The maximum atomic E-state index is 13.3. The number of piperidine rings is 1. The Bertz CT molecular complexity index is 1040. The molecule has 2 aromatic carbocycles. The highest BCUT2D eigenvalue weighted by Gasteiger charge is 2.22. The van der Waals surface area contributed by atoms with Crippen LogP contribution in [-0.4, -0.2) is 31.1 Å². The van der Waals surface area contributed by atoms with Crippen LogP contribution in [0.1, 0.15) is 35.2 Å². The minimum Gasteiger partial charge on any atom is -0.497 e. The number of pyridine rings is 1. The number of carbonyl (C=O) groups excluding carboxylic acids is 1. The second-order valence-corrected chi connectivity index (χ2v) is 8.16. The number of amides is 1. The summed E-state index contributed by atoms with van der Waals surface area (Å²) in [6.07, 6.45) is 3.56. The highest BCUT2D eigenvalue weighted by Crippen LogP contribution is 2.32. The summed E-state index contributed by atoms with van der Waals surface area (Å²) in [4.78, 5) is 20.5. The molecule has 0 bridgehead atoms. The average Bonchev–Trinajstić information content (AvgIpc) is 2.74. The van der Waals surface area contributed by atoms with Gasteiger partial charge in [-0.1, -0.05) is 15.9 Å². The summed E-state index contributed by atoms with van der Waals surface area (Å²) in [7, 11) is 1.61. The van der Waals surface area contributed by atoms with Crippen LogP contribution in [0.15, 0.2) is 40.9 Å². The van der Waals surface area contributed by atoms with Crippen molar-refractivity contribution in [1.29, 1.82) is 0 Å². The molecule has 6 heteroatoms. The molecule has 1 aromatic heterocycles. The van der Waals surface area contributed by atoms with Gasteiger partial charge in [0, 0.05) is 40.3 Å². The van der Waals surface area contributed by atoms with Crippen LogP contribution in [0.3, 0.4) is 0 Å². The lowest BCUT2D eigenvalue weighted by Crippen LogP contribution is -2.31. The molecule has 0 spiro atoms. The molecule has 2 heterocycles. The van der Waals surface area contributed by atoms with Crippen LogP contribution in [0, 0.1) is 13.0 Å². The predicted molar refractivity (Wildman–Crippen MR) is 120 cm³/mol. The van der Waals surface area contributed by atoms with Crippen LogP contribution >= 0.6 is 15.9 Å². The van der Waals surface area contributed by atoms with E-state index >= 15 is 0 Å². The number of hydrogen-bond acceptors (Lipinski definition) is 4. The van der Waals surface area contributed by atoms with Crippen LogP contribution < -0.4 is 15.0 Å². The summed E-state index contributed by atoms with van der Waals surface area (Å²) < 4.78 is 6.09. The van der Waals surface area contributed by atoms with Gasteiger partial charge >= 0.3 is 0 Å². The highest BCUT2D eigenvalue weighted by atomic mass is 79.9. The normalized spacial score (nSPS) is 14.1. The molecule has 0 unspecified atom stereocenters. The Morgan fingerprint density at radius 1 is 1.21 bits per heavy atom. The summed E-state index contributed by atoms with van der Waals surface area (Å²) in [5.74, 6) is 1.45. The third kappa shape index (κ3) is 4.08. The van der Waals surface area contributed by atoms with Gasteiger partial charge in [-0.05, 0) is 62.6 Å². The number of ether oxygens (including phenoxy) is 1. The first-order valence-corrected chi connectivity index (χ1v) is 10.6. The average molecular weight is 453 g/mol. The molecule has 1 saturated heterocycles. The van der Waals surface area contributed by atoms with Crippen molar-refractivity contribution in [2.45, 2.75) is 26.2 Å². The first kappa shape index (κ1) is 19.7. The standard InChI is InChI=1S/C23H23BrN3O2/c1-15-21(23(28)25-17-7-9-18(29-2)10-8-17)19-14-16(24)6-11-20(19)26-22(15)27-12-4-3-5-13-27/h6-7,9-11,14H,3-5,12-13H2,1-2H3,(H,25,28). The zero-order valence-corrected chi connectivity index (χ0v) is 18.2.